The second kappa shape index (κ2) is 29.5. The van der Waals surface area contributed by atoms with E-state index in [1.807, 2.05) is 54.7 Å². The Kier molecular flexibility index (Phi) is 24.3. The van der Waals surface area contributed by atoms with E-state index in [1.165, 1.54) is 30.2 Å². The molecule has 0 saturated carbocycles. The van der Waals surface area contributed by atoms with Gasteiger partial charge in [-0.15, -0.1) is 12.4 Å². The number of nitrogens with one attached hydrogen (secondary N) is 1. The number of benzene rings is 4. The van der Waals surface area contributed by atoms with Gasteiger partial charge in [-0.05, 0) is 82.7 Å². The molecule has 0 bridgehead atoms. The highest BCUT2D eigenvalue weighted by Crippen LogP contribution is 2.47. The van der Waals surface area contributed by atoms with Crippen LogP contribution in [0.4, 0.5) is 16.2 Å². The van der Waals surface area contributed by atoms with E-state index in [9.17, 15) is 4.79 Å². The van der Waals surface area contributed by atoms with Gasteiger partial charge >= 0.3 is 6.09 Å². The van der Waals surface area contributed by atoms with Crippen molar-refractivity contribution in [2.45, 2.75) is 0 Å². The van der Waals surface area contributed by atoms with Crippen molar-refractivity contribution in [2.24, 2.45) is 0 Å². The number of nitrogens with two attached hydrogens (primary N) is 1. The Balaban J connectivity index is 0.000000336. The maximum atomic E-state index is 12.3. The minimum atomic E-state index is -0.617. The summed E-state index contributed by atoms with van der Waals surface area (Å²) in [5.74, 6) is 4.46. The molecule has 21 heteroatoms. The van der Waals surface area contributed by atoms with Crippen molar-refractivity contribution >= 4 is 52.9 Å². The minimum absolute atomic E-state index is 0. The average Bonchev–Trinajstić information content (AvgIpc) is 4.06. The summed E-state index contributed by atoms with van der Waals surface area (Å²) < 4.78 is 72.0. The quantitative estimate of drug-likeness (QED) is 0.0454. The van der Waals surface area contributed by atoms with Gasteiger partial charge in [-0.1, -0.05) is 12.1 Å². The fraction of sp³-hybridized carbons (Fsp3) is 0.340. The fourth-order valence-corrected chi connectivity index (χ4v) is 7.79. The van der Waals surface area contributed by atoms with E-state index in [0.29, 0.717) is 77.2 Å². The predicted molar refractivity (Wildman–Crippen MR) is 267 cm³/mol. The summed E-state index contributed by atoms with van der Waals surface area (Å²) in [4.78, 5) is 14.2. The standard InChI is InChI=1S/C25H30N2O8S.C19H20N2O4S.C3H8O2.ClH/c1-29-8-9-34-10-11-35-25(28)27-19-12-16(6-7-20(19)30-2)18-15-26-36-24(18)17-13-21(31-3)23(33-5)22(14-17)32-4;1-22-15-6-5-11(7-14(15)20)13-10-21-26-19(13)12-8-16(23-2)18(25-4)17(9-12)24-3;1-5-3-2-4;/h6-7,12-15H,8-11H2,1-5H3,(H,27,28);5-10H,20H2,1-4H3;4H,2-3H2,1H3;1H. The molecule has 68 heavy (non-hydrogen) atoms. The SMILES string of the molecule is COCCO.COCCOCCOC(=O)Nc1cc(-c2cnsc2-c2cc(OC)c(OC)c(OC)c2)ccc1OC.COc1ccc(-c2cnsc2-c2cc(OC)c(OC)c(OC)c2)cc1N.Cl. The fourth-order valence-electron chi connectivity index (χ4n) is 6.28. The maximum absolute atomic E-state index is 12.3. The van der Waals surface area contributed by atoms with Gasteiger partial charge < -0.3 is 67.7 Å². The number of nitrogens with zero attached hydrogens (tertiary/aromatic N) is 2. The molecule has 0 aliphatic heterocycles. The van der Waals surface area contributed by atoms with Gasteiger partial charge in [-0.25, -0.2) is 4.79 Å². The molecular weight excluding hydrogens is 944 g/mol. The number of methoxy groups -OCH3 is 10. The number of aliphatic hydroxyl groups excluding tert-OH is 1. The zero-order chi connectivity index (χ0) is 48.7. The van der Waals surface area contributed by atoms with E-state index in [-0.39, 0.29) is 32.2 Å². The first kappa shape index (κ1) is 56.1. The number of halogens is 1. The number of carbonyl (C=O) groups excluding carboxylic acids is 1. The van der Waals surface area contributed by atoms with Gasteiger partial charge in [0.1, 0.15) is 18.1 Å². The minimum Gasteiger partial charge on any atom is -0.495 e. The van der Waals surface area contributed by atoms with Crippen LogP contribution in [0, 0.1) is 0 Å². The lowest BCUT2D eigenvalue weighted by Crippen LogP contribution is -2.18. The van der Waals surface area contributed by atoms with Crippen LogP contribution in [-0.4, -0.2) is 131 Å². The molecule has 0 aliphatic carbocycles. The zero-order valence-electron chi connectivity index (χ0n) is 39.6. The highest BCUT2D eigenvalue weighted by molar-refractivity contribution is 7.10. The van der Waals surface area contributed by atoms with Crippen LogP contribution in [0.3, 0.4) is 0 Å². The molecule has 6 aromatic rings. The number of aromatic nitrogens is 2. The van der Waals surface area contributed by atoms with Crippen LogP contribution < -0.4 is 48.9 Å². The number of ether oxygens (including phenoxy) is 12. The third kappa shape index (κ3) is 14.9. The molecule has 370 valence electrons. The van der Waals surface area contributed by atoms with Crippen LogP contribution >= 0.6 is 35.5 Å². The summed E-state index contributed by atoms with van der Waals surface area (Å²) >= 11 is 2.72. The molecule has 0 radical (unpaired) electrons. The Bertz CT molecular complexity index is 2420. The summed E-state index contributed by atoms with van der Waals surface area (Å²) in [5, 5.41) is 10.7. The van der Waals surface area contributed by atoms with E-state index in [0.717, 1.165) is 43.1 Å². The normalized spacial score (nSPS) is 10.2. The molecule has 0 fully saturated rings. The van der Waals surface area contributed by atoms with E-state index < -0.39 is 6.09 Å². The molecular formula is C47H59ClN4O14S2. The van der Waals surface area contributed by atoms with Crippen molar-refractivity contribution < 1.29 is 66.7 Å². The van der Waals surface area contributed by atoms with Gasteiger partial charge in [0.2, 0.25) is 11.5 Å². The number of rotatable bonds is 21. The molecule has 2 heterocycles. The van der Waals surface area contributed by atoms with Gasteiger partial charge in [0.05, 0.1) is 111 Å². The second-order valence-corrected chi connectivity index (χ2v) is 15.0. The molecule has 18 nitrogen and oxygen atoms in total. The van der Waals surface area contributed by atoms with Crippen LogP contribution in [-0.2, 0) is 18.9 Å². The Morgan fingerprint density at radius 1 is 0.544 bits per heavy atom. The molecule has 6 rings (SSSR count). The van der Waals surface area contributed by atoms with Gasteiger partial charge in [-0.3, -0.25) is 5.32 Å². The first-order chi connectivity index (χ1) is 32.6. The van der Waals surface area contributed by atoms with Crippen molar-refractivity contribution in [3.05, 3.63) is 73.1 Å². The van der Waals surface area contributed by atoms with Crippen molar-refractivity contribution in [3.63, 3.8) is 0 Å². The van der Waals surface area contributed by atoms with Crippen LogP contribution in [0.25, 0.3) is 43.1 Å². The van der Waals surface area contributed by atoms with Crippen molar-refractivity contribution in [3.8, 4) is 89.1 Å². The zero-order valence-corrected chi connectivity index (χ0v) is 42.1. The van der Waals surface area contributed by atoms with E-state index in [1.54, 1.807) is 82.3 Å². The molecule has 4 aromatic carbocycles. The Morgan fingerprint density at radius 2 is 0.985 bits per heavy atom. The first-order valence-corrected chi connectivity index (χ1v) is 21.9. The Hall–Kier alpha value is -6.26. The summed E-state index contributed by atoms with van der Waals surface area (Å²) in [6, 6.07) is 18.7. The highest BCUT2D eigenvalue weighted by Gasteiger charge is 2.21. The number of hydrogen-bond donors (Lipinski definition) is 3. The van der Waals surface area contributed by atoms with Gasteiger partial charge in [0.15, 0.2) is 23.0 Å². The van der Waals surface area contributed by atoms with Crippen LogP contribution in [0.5, 0.6) is 46.0 Å². The second-order valence-electron chi connectivity index (χ2n) is 13.4. The number of anilines is 2. The Labute approximate surface area is 410 Å². The topological polar surface area (TPSA) is 212 Å². The van der Waals surface area contributed by atoms with E-state index >= 15 is 0 Å². The molecule has 0 saturated heterocycles. The summed E-state index contributed by atoms with van der Waals surface area (Å²) in [7, 11) is 15.7. The lowest BCUT2D eigenvalue weighted by atomic mass is 10.0. The van der Waals surface area contributed by atoms with Gasteiger partial charge in [0.25, 0.3) is 0 Å². The molecule has 4 N–H and O–H groups in total. The Morgan fingerprint density at radius 3 is 1.38 bits per heavy atom. The van der Waals surface area contributed by atoms with Crippen molar-refractivity contribution in [1.82, 2.24) is 8.75 Å². The number of nitrogen functional groups attached to an aromatic ring is 1. The van der Waals surface area contributed by atoms with Crippen molar-refractivity contribution in [1.29, 1.82) is 0 Å². The first-order valence-electron chi connectivity index (χ1n) is 20.3. The number of amides is 1. The average molecular weight is 1000 g/mol. The van der Waals surface area contributed by atoms with Crippen LogP contribution in [0.2, 0.25) is 0 Å². The van der Waals surface area contributed by atoms with Crippen molar-refractivity contribution in [2.75, 3.05) is 122 Å². The maximum Gasteiger partial charge on any atom is 0.411 e. The number of aliphatic hydroxyl groups is 1. The monoisotopic (exact) mass is 1000 g/mol. The molecule has 0 aliphatic rings. The van der Waals surface area contributed by atoms with Gasteiger partial charge in [-0.2, -0.15) is 8.75 Å². The van der Waals surface area contributed by atoms with Gasteiger partial charge in [0, 0.05) is 48.9 Å². The van der Waals surface area contributed by atoms with E-state index in [2.05, 4.69) is 18.8 Å². The summed E-state index contributed by atoms with van der Waals surface area (Å²) in [6.45, 7) is 1.85. The smallest absolute Gasteiger partial charge is 0.411 e. The summed E-state index contributed by atoms with van der Waals surface area (Å²) in [5.41, 5.74) is 12.5. The third-order valence-corrected chi connectivity index (χ3v) is 11.2. The predicted octanol–water partition coefficient (Wildman–Crippen LogP) is 8.86. The number of hydrogen-bond acceptors (Lipinski definition) is 19. The third-order valence-electron chi connectivity index (χ3n) is 9.47. The lowest BCUT2D eigenvalue weighted by Gasteiger charge is -2.15. The molecule has 1 amide bonds. The van der Waals surface area contributed by atoms with Crippen LogP contribution in [0.15, 0.2) is 73.1 Å². The number of carbonyl (C=O) groups is 1. The van der Waals surface area contributed by atoms with Crippen LogP contribution in [0.1, 0.15) is 0 Å². The molecule has 0 spiro atoms. The van der Waals surface area contributed by atoms with E-state index in [4.69, 9.17) is 62.9 Å². The molecule has 0 unspecified atom stereocenters. The summed E-state index contributed by atoms with van der Waals surface area (Å²) in [6.07, 6.45) is 2.98. The lowest BCUT2D eigenvalue weighted by molar-refractivity contribution is 0.0447. The highest BCUT2D eigenvalue weighted by atomic mass is 35.5. The molecule has 0 atom stereocenters. The molecule has 2 aromatic heterocycles. The largest absolute Gasteiger partial charge is 0.495 e.